The summed E-state index contributed by atoms with van der Waals surface area (Å²) in [6, 6.07) is 1.10. The highest BCUT2D eigenvalue weighted by atomic mass is 16.1. The van der Waals surface area contributed by atoms with Crippen LogP contribution in [-0.4, -0.2) is 29.3 Å². The van der Waals surface area contributed by atoms with Crippen LogP contribution in [-0.2, 0) is 4.79 Å². The molecule has 2 aliphatic rings. The Hall–Kier alpha value is -0.370. The van der Waals surface area contributed by atoms with Gasteiger partial charge in [-0.2, -0.15) is 0 Å². The zero-order valence-corrected chi connectivity index (χ0v) is 11.8. The second-order valence-electron chi connectivity index (χ2n) is 7.00. The molecule has 0 radical (unpaired) electrons. The van der Waals surface area contributed by atoms with E-state index in [1.165, 1.54) is 19.3 Å². The predicted octanol–water partition coefficient (Wildman–Crippen LogP) is 3.25. The molecule has 0 saturated carbocycles. The van der Waals surface area contributed by atoms with Gasteiger partial charge in [0.05, 0.1) is 0 Å². The number of hydrogen-bond acceptors (Lipinski definition) is 2. The molecule has 0 aromatic heterocycles. The summed E-state index contributed by atoms with van der Waals surface area (Å²) in [5, 5.41) is 0. The zero-order chi connectivity index (χ0) is 12.6. The molecule has 0 aromatic carbocycles. The molecule has 2 heterocycles. The molecule has 2 rings (SSSR count). The minimum absolute atomic E-state index is 0.355. The number of Topliss-reactive ketones (excluding diaryl/α,β-unsaturated/α-hetero) is 1. The lowest BCUT2D eigenvalue weighted by molar-refractivity contribution is -0.128. The second-order valence-corrected chi connectivity index (χ2v) is 7.00. The molecule has 0 amide bonds. The van der Waals surface area contributed by atoms with Gasteiger partial charge in [0, 0.05) is 31.5 Å². The first-order chi connectivity index (χ1) is 7.90. The molecule has 17 heavy (non-hydrogen) atoms. The average molecular weight is 237 g/mol. The van der Waals surface area contributed by atoms with Crippen molar-refractivity contribution in [3.8, 4) is 0 Å². The van der Waals surface area contributed by atoms with Crippen LogP contribution in [0.15, 0.2) is 0 Å². The summed E-state index contributed by atoms with van der Waals surface area (Å²) < 4.78 is 0. The maximum absolute atomic E-state index is 11.7. The Kier molecular flexibility index (Phi) is 3.63. The topological polar surface area (TPSA) is 20.3 Å². The Morgan fingerprint density at radius 3 is 2.24 bits per heavy atom. The van der Waals surface area contributed by atoms with Gasteiger partial charge in [0.15, 0.2) is 0 Å². The van der Waals surface area contributed by atoms with Crippen molar-refractivity contribution >= 4 is 5.78 Å². The van der Waals surface area contributed by atoms with Gasteiger partial charge in [0.25, 0.3) is 0 Å². The van der Waals surface area contributed by atoms with E-state index in [1.807, 2.05) is 0 Å². The lowest BCUT2D eigenvalue weighted by Gasteiger charge is -2.49. The molecule has 2 aliphatic heterocycles. The molecular formula is C15H27NO. The number of carbonyl (C=O) groups is 1. The monoisotopic (exact) mass is 237 g/mol. The lowest BCUT2D eigenvalue weighted by Crippen LogP contribution is -2.55. The number of nitrogens with zero attached hydrogens (tertiary/aromatic N) is 1. The van der Waals surface area contributed by atoms with Gasteiger partial charge >= 0.3 is 0 Å². The first-order valence-electron chi connectivity index (χ1n) is 7.17. The fourth-order valence-corrected chi connectivity index (χ4v) is 3.18. The van der Waals surface area contributed by atoms with Crippen LogP contribution in [0, 0.1) is 11.3 Å². The molecule has 0 spiro atoms. The van der Waals surface area contributed by atoms with E-state index in [1.54, 1.807) is 0 Å². The Morgan fingerprint density at radius 2 is 1.76 bits per heavy atom. The van der Waals surface area contributed by atoms with Crippen LogP contribution >= 0.6 is 0 Å². The van der Waals surface area contributed by atoms with E-state index in [0.29, 0.717) is 29.2 Å². The molecule has 0 aliphatic carbocycles. The molecular weight excluding hydrogens is 210 g/mol. The van der Waals surface area contributed by atoms with Crippen LogP contribution in [0.4, 0.5) is 0 Å². The quantitative estimate of drug-likeness (QED) is 0.751. The van der Waals surface area contributed by atoms with Crippen LogP contribution in [0.1, 0.15) is 59.8 Å². The van der Waals surface area contributed by atoms with Gasteiger partial charge < -0.3 is 0 Å². The maximum atomic E-state index is 11.7. The molecule has 2 nitrogen and oxygen atoms in total. The van der Waals surface area contributed by atoms with E-state index in [4.69, 9.17) is 0 Å². The number of rotatable bonds is 3. The number of hydrogen-bond donors (Lipinski definition) is 0. The van der Waals surface area contributed by atoms with E-state index in [-0.39, 0.29) is 0 Å². The fraction of sp³-hybridized carbons (Fsp3) is 0.933. The van der Waals surface area contributed by atoms with Crippen molar-refractivity contribution in [2.75, 3.05) is 6.54 Å². The van der Waals surface area contributed by atoms with Crippen molar-refractivity contribution in [2.45, 2.75) is 71.9 Å². The molecule has 2 bridgehead atoms. The maximum Gasteiger partial charge on any atom is 0.136 e. The highest BCUT2D eigenvalue weighted by Gasteiger charge is 2.40. The van der Waals surface area contributed by atoms with Crippen molar-refractivity contribution in [2.24, 2.45) is 11.3 Å². The van der Waals surface area contributed by atoms with Crippen LogP contribution in [0.2, 0.25) is 0 Å². The van der Waals surface area contributed by atoms with Crippen molar-refractivity contribution in [1.29, 1.82) is 0 Å². The Bertz CT molecular complexity index is 279. The summed E-state index contributed by atoms with van der Waals surface area (Å²) >= 11 is 0. The van der Waals surface area contributed by atoms with Gasteiger partial charge in [-0.1, -0.05) is 34.1 Å². The standard InChI is InChI=1S/C15H27NO/c1-11(2)15(3,4)10-16-12-6-5-7-13(16)9-14(17)8-12/h11-13H,5-10H2,1-4H3. The van der Waals surface area contributed by atoms with E-state index in [9.17, 15) is 4.79 Å². The van der Waals surface area contributed by atoms with E-state index < -0.39 is 0 Å². The van der Waals surface area contributed by atoms with Crippen LogP contribution in [0.5, 0.6) is 0 Å². The number of carbonyl (C=O) groups excluding carboxylic acids is 1. The molecule has 2 atom stereocenters. The summed E-state index contributed by atoms with van der Waals surface area (Å²) in [6.07, 6.45) is 5.41. The third-order valence-electron chi connectivity index (χ3n) is 5.09. The van der Waals surface area contributed by atoms with E-state index >= 15 is 0 Å². The molecule has 2 fully saturated rings. The summed E-state index contributed by atoms with van der Waals surface area (Å²) in [6.45, 7) is 10.5. The van der Waals surface area contributed by atoms with Gasteiger partial charge in [0.1, 0.15) is 5.78 Å². The third kappa shape index (κ3) is 2.73. The molecule has 2 unspecified atom stereocenters. The first-order valence-corrected chi connectivity index (χ1v) is 7.17. The van der Waals surface area contributed by atoms with Crippen molar-refractivity contribution < 1.29 is 4.79 Å². The normalized spacial score (nSPS) is 31.0. The number of ketones is 1. The fourth-order valence-electron chi connectivity index (χ4n) is 3.18. The van der Waals surface area contributed by atoms with Gasteiger partial charge in [0.2, 0.25) is 0 Å². The van der Waals surface area contributed by atoms with Gasteiger partial charge in [-0.15, -0.1) is 0 Å². The summed E-state index contributed by atoms with van der Waals surface area (Å²) in [5.74, 6) is 1.19. The Labute approximate surface area is 106 Å². The van der Waals surface area contributed by atoms with Crippen molar-refractivity contribution in [3.63, 3.8) is 0 Å². The van der Waals surface area contributed by atoms with Gasteiger partial charge in [-0.25, -0.2) is 0 Å². The van der Waals surface area contributed by atoms with Gasteiger partial charge in [-0.05, 0) is 24.2 Å². The van der Waals surface area contributed by atoms with E-state index in [2.05, 4.69) is 32.6 Å². The predicted molar refractivity (Wildman–Crippen MR) is 71.0 cm³/mol. The highest BCUT2D eigenvalue weighted by molar-refractivity contribution is 5.80. The Morgan fingerprint density at radius 1 is 1.24 bits per heavy atom. The summed E-state index contributed by atoms with van der Waals surface area (Å²) in [7, 11) is 0. The molecule has 2 saturated heterocycles. The zero-order valence-electron chi connectivity index (χ0n) is 11.8. The molecule has 98 valence electrons. The SMILES string of the molecule is CC(C)C(C)(C)CN1C2CCCC1CC(=O)C2. The van der Waals surface area contributed by atoms with Crippen LogP contribution in [0.25, 0.3) is 0 Å². The van der Waals surface area contributed by atoms with E-state index in [0.717, 1.165) is 19.4 Å². The highest BCUT2D eigenvalue weighted by Crippen LogP contribution is 2.37. The molecule has 0 N–H and O–H groups in total. The van der Waals surface area contributed by atoms with Crippen molar-refractivity contribution in [3.05, 3.63) is 0 Å². The minimum atomic E-state index is 0.355. The smallest absolute Gasteiger partial charge is 0.136 e. The number of piperidine rings is 2. The first kappa shape index (κ1) is 13.1. The second kappa shape index (κ2) is 4.72. The van der Waals surface area contributed by atoms with Crippen LogP contribution < -0.4 is 0 Å². The third-order valence-corrected chi connectivity index (χ3v) is 5.09. The largest absolute Gasteiger partial charge is 0.300 e. The average Bonchev–Trinajstić information content (AvgIpc) is 2.18. The Balaban J connectivity index is 2.08. The van der Waals surface area contributed by atoms with Crippen molar-refractivity contribution in [1.82, 2.24) is 4.90 Å². The van der Waals surface area contributed by atoms with Gasteiger partial charge in [-0.3, -0.25) is 9.69 Å². The summed E-state index contributed by atoms with van der Waals surface area (Å²) in [5.41, 5.74) is 0.355. The molecule has 0 aromatic rings. The summed E-state index contributed by atoms with van der Waals surface area (Å²) in [4.78, 5) is 14.4. The van der Waals surface area contributed by atoms with Crippen LogP contribution in [0.3, 0.4) is 0 Å². The molecule has 2 heteroatoms. The number of fused-ring (bicyclic) bond motifs is 2. The lowest BCUT2D eigenvalue weighted by atomic mass is 9.77. The minimum Gasteiger partial charge on any atom is -0.300 e.